The number of non-ortho nitro benzene ring substituents is 1. The molecule has 7 heteroatoms. The summed E-state index contributed by atoms with van der Waals surface area (Å²) in [6.45, 7) is 0. The minimum Gasteiger partial charge on any atom is -0.506 e. The number of benzene rings is 2. The average Bonchev–Trinajstić information content (AvgIpc) is 2.40. The number of phenolic OH excluding ortho intramolecular Hbond substituents is 1. The van der Waals surface area contributed by atoms with Gasteiger partial charge in [0.25, 0.3) is 5.69 Å². The second-order valence-corrected chi connectivity index (χ2v) is 4.02. The standard InChI is InChI=1S/C12H8ClN3O3/c13-11-7-9(3-6-12(11)17)15-14-8-1-4-10(5-2-8)16(18)19/h1-7,17H/b15-14+. The molecular weight excluding hydrogens is 270 g/mol. The predicted octanol–water partition coefficient (Wildman–Crippen LogP) is 4.37. The molecule has 2 aromatic rings. The molecule has 2 aromatic carbocycles. The van der Waals surface area contributed by atoms with Crippen LogP contribution in [0.25, 0.3) is 0 Å². The van der Waals surface area contributed by atoms with Gasteiger partial charge >= 0.3 is 0 Å². The Bertz CT molecular complexity index is 641. The summed E-state index contributed by atoms with van der Waals surface area (Å²) in [4.78, 5) is 9.99. The van der Waals surface area contributed by atoms with Crippen molar-refractivity contribution in [3.8, 4) is 5.75 Å². The molecule has 96 valence electrons. The molecule has 0 aliphatic heterocycles. The van der Waals surface area contributed by atoms with Crippen molar-refractivity contribution in [1.82, 2.24) is 0 Å². The van der Waals surface area contributed by atoms with Gasteiger partial charge in [-0.3, -0.25) is 10.1 Å². The van der Waals surface area contributed by atoms with Gasteiger partial charge in [-0.25, -0.2) is 0 Å². The zero-order chi connectivity index (χ0) is 13.8. The van der Waals surface area contributed by atoms with Crippen molar-refractivity contribution in [3.63, 3.8) is 0 Å². The molecule has 0 saturated heterocycles. The number of phenols is 1. The second kappa shape index (κ2) is 5.45. The molecule has 1 N–H and O–H groups in total. The highest BCUT2D eigenvalue weighted by Gasteiger charge is 2.03. The smallest absolute Gasteiger partial charge is 0.269 e. The second-order valence-electron chi connectivity index (χ2n) is 3.61. The van der Waals surface area contributed by atoms with Crippen LogP contribution in [0.1, 0.15) is 0 Å². The Morgan fingerprint density at radius 2 is 1.63 bits per heavy atom. The fraction of sp³-hybridized carbons (Fsp3) is 0. The predicted molar refractivity (Wildman–Crippen MR) is 70.4 cm³/mol. The van der Waals surface area contributed by atoms with Crippen LogP contribution >= 0.6 is 11.6 Å². The summed E-state index contributed by atoms with van der Waals surface area (Å²) in [5, 5.41) is 27.7. The maximum Gasteiger partial charge on any atom is 0.269 e. The summed E-state index contributed by atoms with van der Waals surface area (Å²) in [6.07, 6.45) is 0. The lowest BCUT2D eigenvalue weighted by molar-refractivity contribution is -0.384. The van der Waals surface area contributed by atoms with E-state index < -0.39 is 4.92 Å². The number of nitro benzene ring substituents is 1. The number of hydrogen-bond donors (Lipinski definition) is 1. The van der Waals surface area contributed by atoms with Crippen LogP contribution in [-0.2, 0) is 0 Å². The van der Waals surface area contributed by atoms with Gasteiger partial charge in [-0.1, -0.05) is 11.6 Å². The molecule has 0 aliphatic rings. The van der Waals surface area contributed by atoms with Gasteiger partial charge in [0.05, 0.1) is 21.3 Å². The highest BCUT2D eigenvalue weighted by molar-refractivity contribution is 6.32. The summed E-state index contributed by atoms with van der Waals surface area (Å²) < 4.78 is 0. The van der Waals surface area contributed by atoms with E-state index in [1.807, 2.05) is 0 Å². The van der Waals surface area contributed by atoms with Crippen LogP contribution in [-0.4, -0.2) is 10.0 Å². The minimum absolute atomic E-state index is 0.00775. The van der Waals surface area contributed by atoms with E-state index in [9.17, 15) is 15.2 Å². The number of rotatable bonds is 3. The number of nitro groups is 1. The Labute approximate surface area is 113 Å². The van der Waals surface area contributed by atoms with Crippen molar-refractivity contribution in [2.45, 2.75) is 0 Å². The average molecular weight is 278 g/mol. The topological polar surface area (TPSA) is 88.1 Å². The number of halogens is 1. The number of azo groups is 1. The van der Waals surface area contributed by atoms with Gasteiger partial charge in [0.2, 0.25) is 0 Å². The molecule has 0 aromatic heterocycles. The number of hydrogen-bond acceptors (Lipinski definition) is 5. The van der Waals surface area contributed by atoms with Crippen LogP contribution in [0.4, 0.5) is 17.1 Å². The van der Waals surface area contributed by atoms with Gasteiger partial charge < -0.3 is 5.11 Å². The molecule has 0 fully saturated rings. The van der Waals surface area contributed by atoms with Crippen LogP contribution in [0.2, 0.25) is 5.02 Å². The summed E-state index contributed by atoms with van der Waals surface area (Å²) >= 11 is 5.72. The fourth-order valence-corrected chi connectivity index (χ4v) is 1.49. The molecule has 0 radical (unpaired) electrons. The van der Waals surface area contributed by atoms with E-state index in [2.05, 4.69) is 10.2 Å². The van der Waals surface area contributed by atoms with Crippen LogP contribution < -0.4 is 0 Å². The third kappa shape index (κ3) is 3.26. The molecule has 2 rings (SSSR count). The van der Waals surface area contributed by atoms with Gasteiger partial charge in [-0.2, -0.15) is 10.2 Å². The number of aromatic hydroxyl groups is 1. The van der Waals surface area contributed by atoms with Crippen LogP contribution in [0.15, 0.2) is 52.7 Å². The maximum atomic E-state index is 10.5. The van der Waals surface area contributed by atoms with Crippen LogP contribution in [0, 0.1) is 10.1 Å². The van der Waals surface area contributed by atoms with Crippen molar-refractivity contribution in [3.05, 3.63) is 57.6 Å². The van der Waals surface area contributed by atoms with E-state index in [0.717, 1.165) is 0 Å². The fourth-order valence-electron chi connectivity index (χ4n) is 1.31. The highest BCUT2D eigenvalue weighted by atomic mass is 35.5. The maximum absolute atomic E-state index is 10.5. The molecule has 0 unspecified atom stereocenters. The first kappa shape index (κ1) is 13.0. The molecule has 0 heterocycles. The van der Waals surface area contributed by atoms with Crippen LogP contribution in [0.3, 0.4) is 0 Å². The van der Waals surface area contributed by atoms with Crippen molar-refractivity contribution in [2.75, 3.05) is 0 Å². The third-order valence-electron chi connectivity index (χ3n) is 2.27. The molecule has 0 amide bonds. The lowest BCUT2D eigenvalue weighted by atomic mass is 10.3. The Morgan fingerprint density at radius 3 is 2.21 bits per heavy atom. The normalized spacial score (nSPS) is 10.8. The van der Waals surface area contributed by atoms with E-state index in [4.69, 9.17) is 11.6 Å². The van der Waals surface area contributed by atoms with Gasteiger partial charge in [-0.05, 0) is 30.3 Å². The Morgan fingerprint density at radius 1 is 1.05 bits per heavy atom. The Balaban J connectivity index is 2.17. The van der Waals surface area contributed by atoms with Gasteiger partial charge in [0, 0.05) is 12.1 Å². The van der Waals surface area contributed by atoms with E-state index in [1.165, 1.54) is 36.4 Å². The van der Waals surface area contributed by atoms with Crippen LogP contribution in [0.5, 0.6) is 5.75 Å². The van der Waals surface area contributed by atoms with Gasteiger partial charge in [0.1, 0.15) is 5.75 Å². The third-order valence-corrected chi connectivity index (χ3v) is 2.58. The lowest BCUT2D eigenvalue weighted by Crippen LogP contribution is -1.85. The summed E-state index contributed by atoms with van der Waals surface area (Å²) in [5.41, 5.74) is 0.947. The molecule has 19 heavy (non-hydrogen) atoms. The van der Waals surface area contributed by atoms with E-state index in [0.29, 0.717) is 11.4 Å². The van der Waals surface area contributed by atoms with E-state index in [-0.39, 0.29) is 16.5 Å². The molecule has 0 saturated carbocycles. The Kier molecular flexibility index (Phi) is 3.72. The molecule has 0 aliphatic carbocycles. The van der Waals surface area contributed by atoms with E-state index >= 15 is 0 Å². The van der Waals surface area contributed by atoms with Gasteiger partial charge in [0.15, 0.2) is 0 Å². The Hall–Kier alpha value is -2.47. The van der Waals surface area contributed by atoms with Crippen molar-refractivity contribution < 1.29 is 10.0 Å². The lowest BCUT2D eigenvalue weighted by Gasteiger charge is -1.97. The monoisotopic (exact) mass is 277 g/mol. The zero-order valence-electron chi connectivity index (χ0n) is 9.52. The first-order chi connectivity index (χ1) is 9.06. The summed E-state index contributed by atoms with van der Waals surface area (Å²) in [6, 6.07) is 10.1. The van der Waals surface area contributed by atoms with Crippen molar-refractivity contribution in [1.29, 1.82) is 0 Å². The number of nitrogens with zero attached hydrogens (tertiary/aromatic N) is 3. The molecule has 6 nitrogen and oxygen atoms in total. The molecule has 0 bridgehead atoms. The molecule has 0 atom stereocenters. The first-order valence-corrected chi connectivity index (χ1v) is 5.59. The molecule has 0 spiro atoms. The van der Waals surface area contributed by atoms with E-state index in [1.54, 1.807) is 6.07 Å². The highest BCUT2D eigenvalue weighted by Crippen LogP contribution is 2.28. The van der Waals surface area contributed by atoms with Crippen molar-refractivity contribution >= 4 is 28.7 Å². The quantitative estimate of drug-likeness (QED) is 0.513. The largest absolute Gasteiger partial charge is 0.506 e. The summed E-state index contributed by atoms with van der Waals surface area (Å²) in [5.74, 6) is -0.0315. The zero-order valence-corrected chi connectivity index (χ0v) is 10.3. The SMILES string of the molecule is O=[N+]([O-])c1ccc(/N=N/c2ccc(O)c(Cl)c2)cc1. The first-order valence-electron chi connectivity index (χ1n) is 5.21. The minimum atomic E-state index is -0.485. The molecular formula is C12H8ClN3O3. The van der Waals surface area contributed by atoms with Gasteiger partial charge in [-0.15, -0.1) is 0 Å². The van der Waals surface area contributed by atoms with Crippen molar-refractivity contribution in [2.24, 2.45) is 10.2 Å². The summed E-state index contributed by atoms with van der Waals surface area (Å²) in [7, 11) is 0.